The van der Waals surface area contributed by atoms with E-state index in [0.717, 1.165) is 54.1 Å². The van der Waals surface area contributed by atoms with Gasteiger partial charge in [0.15, 0.2) is 0 Å². The molecule has 138 valence electrons. The van der Waals surface area contributed by atoms with E-state index in [1.165, 1.54) is 0 Å². The van der Waals surface area contributed by atoms with Gasteiger partial charge in [-0.3, -0.25) is 0 Å². The number of rotatable bonds is 4. The molecule has 0 spiro atoms. The van der Waals surface area contributed by atoms with Crippen molar-refractivity contribution < 1.29 is 9.53 Å². The predicted molar refractivity (Wildman–Crippen MR) is 105 cm³/mol. The van der Waals surface area contributed by atoms with Crippen LogP contribution in [0.4, 0.5) is 4.79 Å². The average molecular weight is 373 g/mol. The minimum atomic E-state index is -0.0420. The van der Waals surface area contributed by atoms with Gasteiger partial charge in [0.1, 0.15) is 5.75 Å². The molecular weight excluding hydrogens is 348 g/mol. The van der Waals surface area contributed by atoms with Gasteiger partial charge >= 0.3 is 6.03 Å². The zero-order chi connectivity index (χ0) is 18.4. The van der Waals surface area contributed by atoms with Crippen molar-refractivity contribution in [2.45, 2.75) is 38.3 Å². The zero-order valence-corrected chi connectivity index (χ0v) is 15.8. The molecule has 0 aromatic heterocycles. The molecule has 1 fully saturated rings. The lowest BCUT2D eigenvalue weighted by Crippen LogP contribution is -2.42. The van der Waals surface area contributed by atoms with Gasteiger partial charge in [0.25, 0.3) is 0 Å². The number of hydrogen-bond acceptors (Lipinski definition) is 2. The minimum Gasteiger partial charge on any atom is -0.497 e. The van der Waals surface area contributed by atoms with Crippen LogP contribution < -0.4 is 10.1 Å². The Morgan fingerprint density at radius 2 is 2.04 bits per heavy atom. The molecule has 1 aliphatic rings. The highest BCUT2D eigenvalue weighted by atomic mass is 35.5. The maximum absolute atomic E-state index is 12.9. The molecule has 2 aromatic carbocycles. The highest BCUT2D eigenvalue weighted by Crippen LogP contribution is 2.34. The quantitative estimate of drug-likeness (QED) is 0.803. The topological polar surface area (TPSA) is 41.6 Å². The van der Waals surface area contributed by atoms with Crippen molar-refractivity contribution in [3.05, 3.63) is 64.7 Å². The number of likely N-dealkylation sites (tertiary alicyclic amines) is 1. The Morgan fingerprint density at radius 1 is 1.19 bits per heavy atom. The first-order chi connectivity index (χ1) is 12.7. The number of nitrogens with one attached hydrogen (secondary N) is 1. The van der Waals surface area contributed by atoms with Crippen LogP contribution in [-0.4, -0.2) is 24.6 Å². The normalized spacial score (nSPS) is 17.5. The lowest BCUT2D eigenvalue weighted by Gasteiger charge is -2.31. The van der Waals surface area contributed by atoms with Gasteiger partial charge in [0.05, 0.1) is 13.2 Å². The molecule has 0 aliphatic carbocycles. The molecule has 5 heteroatoms. The molecule has 0 saturated carbocycles. The van der Waals surface area contributed by atoms with Gasteiger partial charge in [-0.05, 0) is 42.2 Å². The molecule has 2 amide bonds. The zero-order valence-electron chi connectivity index (χ0n) is 15.1. The van der Waals surface area contributed by atoms with E-state index in [-0.39, 0.29) is 12.1 Å². The van der Waals surface area contributed by atoms with E-state index < -0.39 is 0 Å². The van der Waals surface area contributed by atoms with E-state index >= 15 is 0 Å². The number of methoxy groups -OCH3 is 1. The molecule has 3 rings (SSSR count). The largest absolute Gasteiger partial charge is 0.497 e. The Kier molecular flexibility index (Phi) is 6.40. The summed E-state index contributed by atoms with van der Waals surface area (Å²) in [7, 11) is 1.64. The number of nitrogens with zero attached hydrogens (tertiary/aromatic N) is 1. The molecule has 1 atom stereocenters. The van der Waals surface area contributed by atoms with Crippen LogP contribution in [0.15, 0.2) is 48.5 Å². The summed E-state index contributed by atoms with van der Waals surface area (Å²) in [5, 5.41) is 3.78. The fraction of sp³-hybridized carbons (Fsp3) is 0.381. The van der Waals surface area contributed by atoms with Crippen LogP contribution in [0.1, 0.15) is 42.9 Å². The lowest BCUT2D eigenvalue weighted by molar-refractivity contribution is 0.175. The molecule has 0 bridgehead atoms. The van der Waals surface area contributed by atoms with Crippen LogP contribution in [-0.2, 0) is 6.54 Å². The lowest BCUT2D eigenvalue weighted by atomic mass is 10.0. The van der Waals surface area contributed by atoms with Gasteiger partial charge in [-0.1, -0.05) is 54.8 Å². The molecule has 4 nitrogen and oxygen atoms in total. The highest BCUT2D eigenvalue weighted by molar-refractivity contribution is 6.31. The Bertz CT molecular complexity index is 750. The van der Waals surface area contributed by atoms with Crippen molar-refractivity contribution in [2.24, 2.45) is 0 Å². The van der Waals surface area contributed by atoms with E-state index in [1.807, 2.05) is 53.4 Å². The molecule has 1 heterocycles. The second-order valence-electron chi connectivity index (χ2n) is 6.59. The standard InChI is InChI=1S/C21H25ClN2O2/c1-26-17-9-7-8-16(14-17)15-23-21(25)24-13-6-2-3-12-20(24)18-10-4-5-11-19(18)22/h4-5,7-11,14,20H,2-3,6,12-13,15H2,1H3,(H,23,25). The van der Waals surface area contributed by atoms with Crippen molar-refractivity contribution >= 4 is 17.6 Å². The van der Waals surface area contributed by atoms with Crippen LogP contribution in [0, 0.1) is 0 Å². The van der Waals surface area contributed by atoms with E-state index in [0.29, 0.717) is 6.54 Å². The second-order valence-corrected chi connectivity index (χ2v) is 7.00. The Hall–Kier alpha value is -2.20. The van der Waals surface area contributed by atoms with Crippen molar-refractivity contribution in [2.75, 3.05) is 13.7 Å². The van der Waals surface area contributed by atoms with E-state index in [9.17, 15) is 4.79 Å². The number of hydrogen-bond donors (Lipinski definition) is 1. The first-order valence-electron chi connectivity index (χ1n) is 9.11. The number of ether oxygens (including phenoxy) is 1. The summed E-state index contributed by atoms with van der Waals surface area (Å²) in [6, 6.07) is 15.6. The molecule has 26 heavy (non-hydrogen) atoms. The van der Waals surface area contributed by atoms with Crippen molar-refractivity contribution in [1.29, 1.82) is 0 Å². The number of halogens is 1. The minimum absolute atomic E-state index is 0.0245. The maximum atomic E-state index is 12.9. The summed E-state index contributed by atoms with van der Waals surface area (Å²) in [4.78, 5) is 14.9. The van der Waals surface area contributed by atoms with Crippen molar-refractivity contribution in [3.63, 3.8) is 0 Å². The van der Waals surface area contributed by atoms with Crippen molar-refractivity contribution in [1.82, 2.24) is 10.2 Å². The predicted octanol–water partition coefficient (Wildman–Crippen LogP) is 5.18. The highest BCUT2D eigenvalue weighted by Gasteiger charge is 2.27. The van der Waals surface area contributed by atoms with Crippen molar-refractivity contribution in [3.8, 4) is 5.75 Å². The molecule has 2 aromatic rings. The summed E-state index contributed by atoms with van der Waals surface area (Å²) < 4.78 is 5.24. The van der Waals surface area contributed by atoms with Gasteiger partial charge in [0.2, 0.25) is 0 Å². The maximum Gasteiger partial charge on any atom is 0.318 e. The van der Waals surface area contributed by atoms with Crippen LogP contribution in [0.5, 0.6) is 5.75 Å². The van der Waals surface area contributed by atoms with Crippen LogP contribution >= 0.6 is 11.6 Å². The van der Waals surface area contributed by atoms with Gasteiger partial charge in [0, 0.05) is 18.1 Å². The third-order valence-corrected chi connectivity index (χ3v) is 5.20. The Morgan fingerprint density at radius 3 is 2.85 bits per heavy atom. The molecule has 1 saturated heterocycles. The van der Waals surface area contributed by atoms with Crippen LogP contribution in [0.2, 0.25) is 5.02 Å². The second kappa shape index (κ2) is 8.95. The van der Waals surface area contributed by atoms with Crippen LogP contribution in [0.3, 0.4) is 0 Å². The average Bonchev–Trinajstić information content (AvgIpc) is 2.92. The molecule has 1 N–H and O–H groups in total. The molecule has 0 radical (unpaired) electrons. The number of carbonyl (C=O) groups excluding carboxylic acids is 1. The smallest absolute Gasteiger partial charge is 0.318 e. The third kappa shape index (κ3) is 4.50. The van der Waals surface area contributed by atoms with Gasteiger partial charge in [-0.25, -0.2) is 4.79 Å². The number of carbonyl (C=O) groups is 1. The van der Waals surface area contributed by atoms with E-state index in [4.69, 9.17) is 16.3 Å². The summed E-state index contributed by atoms with van der Waals surface area (Å²) in [6.45, 7) is 1.22. The first kappa shape index (κ1) is 18.6. The molecule has 1 unspecified atom stereocenters. The number of amides is 2. The summed E-state index contributed by atoms with van der Waals surface area (Å²) in [5.41, 5.74) is 2.05. The summed E-state index contributed by atoms with van der Waals surface area (Å²) in [5.74, 6) is 0.792. The van der Waals surface area contributed by atoms with Crippen LogP contribution in [0.25, 0.3) is 0 Å². The number of urea groups is 1. The summed E-state index contributed by atoms with van der Waals surface area (Å²) in [6.07, 6.45) is 4.21. The number of benzene rings is 2. The molecule has 1 aliphatic heterocycles. The van der Waals surface area contributed by atoms with Gasteiger partial charge < -0.3 is 15.0 Å². The van der Waals surface area contributed by atoms with Gasteiger partial charge in [-0.2, -0.15) is 0 Å². The summed E-state index contributed by atoms with van der Waals surface area (Å²) >= 11 is 6.41. The van der Waals surface area contributed by atoms with Gasteiger partial charge in [-0.15, -0.1) is 0 Å². The SMILES string of the molecule is COc1cccc(CNC(=O)N2CCCCCC2c2ccccc2Cl)c1. The fourth-order valence-corrected chi connectivity index (χ4v) is 3.74. The third-order valence-electron chi connectivity index (χ3n) is 4.86. The monoisotopic (exact) mass is 372 g/mol. The molecular formula is C21H25ClN2O2. The fourth-order valence-electron chi connectivity index (χ4n) is 3.48. The Balaban J connectivity index is 1.73. The first-order valence-corrected chi connectivity index (χ1v) is 9.48. The van der Waals surface area contributed by atoms with E-state index in [2.05, 4.69) is 5.32 Å². The van der Waals surface area contributed by atoms with E-state index in [1.54, 1.807) is 7.11 Å². The Labute approximate surface area is 160 Å².